The highest BCUT2D eigenvalue weighted by atomic mass is 16.2. The van der Waals surface area contributed by atoms with E-state index in [2.05, 4.69) is 15.5 Å². The van der Waals surface area contributed by atoms with Gasteiger partial charge in [0.1, 0.15) is 6.33 Å². The minimum Gasteiger partial charge on any atom is -0.333 e. The fourth-order valence-corrected chi connectivity index (χ4v) is 2.41. The van der Waals surface area contributed by atoms with Gasteiger partial charge in [-0.15, -0.1) is 10.2 Å². The zero-order valence-electron chi connectivity index (χ0n) is 9.96. The van der Waals surface area contributed by atoms with Crippen molar-refractivity contribution in [2.45, 2.75) is 20.0 Å². The number of fused-ring (bicyclic) bond motifs is 1. The van der Waals surface area contributed by atoms with E-state index in [-0.39, 0.29) is 11.8 Å². The zero-order chi connectivity index (χ0) is 11.8. The molecule has 3 rings (SSSR count). The summed E-state index contributed by atoms with van der Waals surface area (Å²) in [6.45, 7) is 6.16. The number of carbonyl (C=O) groups is 1. The first kappa shape index (κ1) is 10.7. The van der Waals surface area contributed by atoms with Gasteiger partial charge in [-0.1, -0.05) is 6.92 Å². The predicted molar refractivity (Wildman–Crippen MR) is 61.0 cm³/mol. The Morgan fingerprint density at radius 1 is 1.53 bits per heavy atom. The molecule has 1 saturated heterocycles. The van der Waals surface area contributed by atoms with Crippen molar-refractivity contribution in [2.75, 3.05) is 19.6 Å². The van der Waals surface area contributed by atoms with Crippen molar-refractivity contribution >= 4 is 5.91 Å². The first-order valence-electron chi connectivity index (χ1n) is 6.12. The lowest BCUT2D eigenvalue weighted by atomic mass is 9.88. The molecule has 1 N–H and O–H groups in total. The lowest BCUT2D eigenvalue weighted by Gasteiger charge is -2.36. The lowest BCUT2D eigenvalue weighted by Crippen LogP contribution is -2.51. The van der Waals surface area contributed by atoms with Crippen LogP contribution in [0.25, 0.3) is 0 Å². The van der Waals surface area contributed by atoms with Gasteiger partial charge in [0.25, 0.3) is 0 Å². The topological polar surface area (TPSA) is 63.1 Å². The summed E-state index contributed by atoms with van der Waals surface area (Å²) in [6.07, 6.45) is 1.73. The number of amides is 1. The maximum Gasteiger partial charge on any atom is 0.226 e. The number of hydrogen-bond donors (Lipinski definition) is 1. The maximum atomic E-state index is 12.3. The largest absolute Gasteiger partial charge is 0.333 e. The number of hydrogen-bond acceptors (Lipinski definition) is 4. The molecule has 0 radical (unpaired) electrons. The second-order valence-corrected chi connectivity index (χ2v) is 4.91. The molecule has 0 spiro atoms. The summed E-state index contributed by atoms with van der Waals surface area (Å²) in [4.78, 5) is 14.2. The van der Waals surface area contributed by atoms with E-state index in [1.54, 1.807) is 6.33 Å². The van der Waals surface area contributed by atoms with Crippen molar-refractivity contribution in [1.29, 1.82) is 0 Å². The van der Waals surface area contributed by atoms with E-state index < -0.39 is 0 Å². The van der Waals surface area contributed by atoms with Gasteiger partial charge in [0.05, 0.1) is 6.54 Å². The normalized spacial score (nSPS) is 21.8. The summed E-state index contributed by atoms with van der Waals surface area (Å²) in [7, 11) is 0. The number of carbonyl (C=O) groups excluding carboxylic acids is 1. The van der Waals surface area contributed by atoms with Crippen molar-refractivity contribution in [3.8, 4) is 0 Å². The quantitative estimate of drug-likeness (QED) is 0.749. The van der Waals surface area contributed by atoms with E-state index in [1.165, 1.54) is 0 Å². The molecular formula is C11H17N5O. The molecule has 6 heteroatoms. The van der Waals surface area contributed by atoms with Crippen LogP contribution in [-0.4, -0.2) is 45.2 Å². The highest BCUT2D eigenvalue weighted by molar-refractivity contribution is 5.79. The van der Waals surface area contributed by atoms with Crippen LogP contribution < -0.4 is 5.32 Å². The molecule has 3 heterocycles. The van der Waals surface area contributed by atoms with Gasteiger partial charge in [-0.25, -0.2) is 0 Å². The highest BCUT2D eigenvalue weighted by Gasteiger charge is 2.33. The number of aromatic nitrogens is 3. The van der Waals surface area contributed by atoms with Crippen LogP contribution in [0.5, 0.6) is 0 Å². The SMILES string of the molecule is CC(C(=O)N1CCn2cnnc2C1)C1CNC1. The average molecular weight is 235 g/mol. The molecule has 1 atom stereocenters. The fraction of sp³-hybridized carbons (Fsp3) is 0.727. The molecular weight excluding hydrogens is 218 g/mol. The van der Waals surface area contributed by atoms with Crippen molar-refractivity contribution in [1.82, 2.24) is 25.0 Å². The molecule has 6 nitrogen and oxygen atoms in total. The van der Waals surface area contributed by atoms with Gasteiger partial charge in [0.15, 0.2) is 5.82 Å². The number of nitrogens with zero attached hydrogens (tertiary/aromatic N) is 4. The summed E-state index contributed by atoms with van der Waals surface area (Å²) in [5.41, 5.74) is 0. The fourth-order valence-electron chi connectivity index (χ4n) is 2.41. The van der Waals surface area contributed by atoms with Crippen LogP contribution in [0.15, 0.2) is 6.33 Å². The van der Waals surface area contributed by atoms with Crippen molar-refractivity contribution < 1.29 is 4.79 Å². The van der Waals surface area contributed by atoms with Crippen molar-refractivity contribution in [3.63, 3.8) is 0 Å². The first-order chi connectivity index (χ1) is 8.25. The van der Waals surface area contributed by atoms with Gasteiger partial charge in [0, 0.05) is 19.0 Å². The molecule has 0 aromatic carbocycles. The van der Waals surface area contributed by atoms with Crippen LogP contribution in [0.1, 0.15) is 12.7 Å². The Labute approximate surface area is 100 Å². The lowest BCUT2D eigenvalue weighted by molar-refractivity contribution is -0.139. The van der Waals surface area contributed by atoms with Crippen LogP contribution in [0.2, 0.25) is 0 Å². The van der Waals surface area contributed by atoms with E-state index in [1.807, 2.05) is 16.4 Å². The van der Waals surface area contributed by atoms with Gasteiger partial charge < -0.3 is 14.8 Å². The number of nitrogens with one attached hydrogen (secondary N) is 1. The van der Waals surface area contributed by atoms with Gasteiger partial charge in [0.2, 0.25) is 5.91 Å². The molecule has 0 saturated carbocycles. The third kappa shape index (κ3) is 1.82. The van der Waals surface area contributed by atoms with Gasteiger partial charge in [-0.05, 0) is 19.0 Å². The molecule has 0 bridgehead atoms. The molecule has 1 amide bonds. The smallest absolute Gasteiger partial charge is 0.226 e. The van der Waals surface area contributed by atoms with Gasteiger partial charge >= 0.3 is 0 Å². The molecule has 17 heavy (non-hydrogen) atoms. The third-order valence-electron chi connectivity index (χ3n) is 3.86. The minimum atomic E-state index is 0.116. The van der Waals surface area contributed by atoms with Crippen molar-refractivity contribution in [2.24, 2.45) is 11.8 Å². The van der Waals surface area contributed by atoms with Crippen LogP contribution in [-0.2, 0) is 17.9 Å². The van der Waals surface area contributed by atoms with E-state index >= 15 is 0 Å². The molecule has 1 aromatic heterocycles. The van der Waals surface area contributed by atoms with Crippen LogP contribution in [0.3, 0.4) is 0 Å². The van der Waals surface area contributed by atoms with Crippen molar-refractivity contribution in [3.05, 3.63) is 12.2 Å². The average Bonchev–Trinajstić information content (AvgIpc) is 2.72. The second-order valence-electron chi connectivity index (χ2n) is 4.91. The van der Waals surface area contributed by atoms with Crippen LogP contribution in [0.4, 0.5) is 0 Å². The maximum absolute atomic E-state index is 12.3. The Balaban J connectivity index is 1.67. The second kappa shape index (κ2) is 4.10. The summed E-state index contributed by atoms with van der Waals surface area (Å²) >= 11 is 0. The summed E-state index contributed by atoms with van der Waals surface area (Å²) < 4.78 is 2.01. The molecule has 92 valence electrons. The van der Waals surface area contributed by atoms with E-state index in [0.717, 1.165) is 32.0 Å². The molecule has 1 fully saturated rings. The summed E-state index contributed by atoms with van der Waals surface area (Å²) in [5.74, 6) is 1.77. The Kier molecular flexibility index (Phi) is 2.58. The van der Waals surface area contributed by atoms with E-state index in [0.29, 0.717) is 12.5 Å². The third-order valence-corrected chi connectivity index (χ3v) is 3.86. The van der Waals surface area contributed by atoms with Crippen LogP contribution >= 0.6 is 0 Å². The van der Waals surface area contributed by atoms with E-state index in [9.17, 15) is 4.79 Å². The summed E-state index contributed by atoms with van der Waals surface area (Å²) in [5, 5.41) is 11.1. The zero-order valence-corrected chi connectivity index (χ0v) is 9.96. The Hall–Kier alpha value is -1.43. The Morgan fingerprint density at radius 2 is 2.35 bits per heavy atom. The monoisotopic (exact) mass is 235 g/mol. The highest BCUT2D eigenvalue weighted by Crippen LogP contribution is 2.20. The van der Waals surface area contributed by atoms with Crippen LogP contribution in [0, 0.1) is 11.8 Å². The summed E-state index contributed by atoms with van der Waals surface area (Å²) in [6, 6.07) is 0. The first-order valence-corrected chi connectivity index (χ1v) is 6.12. The molecule has 1 unspecified atom stereocenters. The minimum absolute atomic E-state index is 0.116. The van der Waals surface area contributed by atoms with Gasteiger partial charge in [-0.3, -0.25) is 4.79 Å². The molecule has 2 aliphatic rings. The van der Waals surface area contributed by atoms with E-state index in [4.69, 9.17) is 0 Å². The standard InChI is InChI=1S/C11H17N5O/c1-8(9-4-12-5-9)11(17)15-2-3-16-7-13-14-10(16)6-15/h7-9,12H,2-6H2,1H3. The Bertz CT molecular complexity index is 425. The molecule has 1 aromatic rings. The number of rotatable bonds is 2. The predicted octanol–water partition coefficient (Wildman–Crippen LogP) is -0.524. The van der Waals surface area contributed by atoms with Gasteiger partial charge in [-0.2, -0.15) is 0 Å². The molecule has 0 aliphatic carbocycles. The molecule has 2 aliphatic heterocycles. The Morgan fingerprint density at radius 3 is 3.06 bits per heavy atom.